The molecule has 0 saturated carbocycles. The molecule has 1 saturated heterocycles. The number of hydrogen-bond acceptors (Lipinski definition) is 8. The molecular weight excluding hydrogens is 490 g/mol. The van der Waals surface area contributed by atoms with Crippen molar-refractivity contribution in [2.45, 2.75) is 19.9 Å². The zero-order valence-corrected chi connectivity index (χ0v) is 21.5. The molecule has 1 aliphatic heterocycles. The van der Waals surface area contributed by atoms with Gasteiger partial charge in [0.05, 0.1) is 23.7 Å². The van der Waals surface area contributed by atoms with E-state index < -0.39 is 10.0 Å². The van der Waals surface area contributed by atoms with Crippen molar-refractivity contribution in [1.82, 2.24) is 19.2 Å². The molecule has 0 bridgehead atoms. The monoisotopic (exact) mass is 519 g/mol. The number of aliphatic imine (C=N–C) groups is 2. The molecule has 2 aromatic heterocycles. The summed E-state index contributed by atoms with van der Waals surface area (Å²) in [5, 5.41) is 3.57. The molecule has 5 N–H and O–H groups in total. The summed E-state index contributed by atoms with van der Waals surface area (Å²) in [4.78, 5) is 19.3. The van der Waals surface area contributed by atoms with Crippen molar-refractivity contribution < 1.29 is 8.42 Å². The van der Waals surface area contributed by atoms with Gasteiger partial charge in [-0.15, -0.1) is 0 Å². The number of nitrogens with one attached hydrogen (secondary N) is 1. The number of anilines is 2. The fourth-order valence-electron chi connectivity index (χ4n) is 3.69. The van der Waals surface area contributed by atoms with E-state index in [1.165, 1.54) is 10.6 Å². The largest absolute Gasteiger partial charge is 0.384 e. The van der Waals surface area contributed by atoms with Gasteiger partial charge in [-0.2, -0.15) is 4.31 Å². The Labute approximate surface area is 210 Å². The van der Waals surface area contributed by atoms with E-state index in [1.54, 1.807) is 31.5 Å². The van der Waals surface area contributed by atoms with Crippen LogP contribution in [-0.2, 0) is 10.0 Å². The minimum atomic E-state index is -3.20. The molecule has 11 nitrogen and oxygen atoms in total. The lowest BCUT2D eigenvalue weighted by Gasteiger charge is -2.37. The molecule has 2 aromatic rings. The molecule has 1 fully saturated rings. The van der Waals surface area contributed by atoms with Gasteiger partial charge in [0.25, 0.3) is 0 Å². The van der Waals surface area contributed by atoms with Crippen LogP contribution >= 0.6 is 11.6 Å². The second-order valence-corrected chi connectivity index (χ2v) is 10.6. The molecule has 0 radical (unpaired) electrons. The molecule has 13 heteroatoms. The van der Waals surface area contributed by atoms with E-state index in [0.717, 1.165) is 5.56 Å². The van der Waals surface area contributed by atoms with Crippen molar-refractivity contribution >= 4 is 44.8 Å². The molecule has 1 atom stereocenters. The van der Waals surface area contributed by atoms with Gasteiger partial charge in [-0.25, -0.2) is 28.4 Å². The van der Waals surface area contributed by atoms with Crippen molar-refractivity contribution in [3.05, 3.63) is 59.3 Å². The van der Waals surface area contributed by atoms with Gasteiger partial charge in [-0.05, 0) is 37.6 Å². The third kappa shape index (κ3) is 7.21. The van der Waals surface area contributed by atoms with Crippen molar-refractivity contribution in [3.8, 4) is 0 Å². The number of nitrogens with two attached hydrogens (primary N) is 2. The number of nitrogens with zero attached hydrogens (tertiary/aromatic N) is 6. The summed E-state index contributed by atoms with van der Waals surface area (Å²) >= 11 is 5.89. The average Bonchev–Trinajstić information content (AvgIpc) is 2.79. The first kappa shape index (κ1) is 26.5. The number of pyridine rings is 2. The molecule has 35 heavy (non-hydrogen) atoms. The number of sulfonamides is 1. The highest BCUT2D eigenvalue weighted by Gasteiger charge is 2.27. The Morgan fingerprint density at radius 1 is 1.17 bits per heavy atom. The second kappa shape index (κ2) is 11.1. The topological polar surface area (TPSA) is 155 Å². The Hall–Kier alpha value is -3.06. The number of halogens is 1. The van der Waals surface area contributed by atoms with Crippen LogP contribution < -0.4 is 16.8 Å². The number of hydrogen-bond donors (Lipinski definition) is 3. The van der Waals surface area contributed by atoms with Gasteiger partial charge < -0.3 is 16.8 Å². The van der Waals surface area contributed by atoms with Gasteiger partial charge in [-0.3, -0.25) is 4.90 Å². The summed E-state index contributed by atoms with van der Waals surface area (Å²) in [7, 11) is -3.20. The highest BCUT2D eigenvalue weighted by molar-refractivity contribution is 7.88. The first-order chi connectivity index (χ1) is 16.4. The van der Waals surface area contributed by atoms with Gasteiger partial charge in [0.15, 0.2) is 0 Å². The standard InChI is InChI=1S/C22H30ClN9O2S/c1-14(31-7-9-32(10-8-31)35(4,33)34)17-11-19(21(25)29-16(3)28-15(2)24)22(27-12-17)30-18-5-6-20(23)26-13-18/h5-6,11-14H,2,7-10,24H2,1,3-4H3,(H,27,30)(H2,25,28,29)/t14-/m1/s1. The molecule has 0 amide bonds. The molecule has 0 aliphatic carbocycles. The fraction of sp³-hybridized carbons (Fsp3) is 0.364. The molecular formula is C22H30ClN9O2S. The van der Waals surface area contributed by atoms with Gasteiger partial charge in [-0.1, -0.05) is 18.2 Å². The lowest BCUT2D eigenvalue weighted by atomic mass is 10.0. The first-order valence-corrected chi connectivity index (χ1v) is 13.1. The van der Waals surface area contributed by atoms with Crippen LogP contribution in [0.2, 0.25) is 5.15 Å². The molecule has 0 aromatic carbocycles. The number of rotatable bonds is 7. The summed E-state index contributed by atoms with van der Waals surface area (Å²) in [6.45, 7) is 9.36. The Balaban J connectivity index is 1.92. The zero-order valence-electron chi connectivity index (χ0n) is 19.9. The molecule has 0 unspecified atom stereocenters. The van der Waals surface area contributed by atoms with Crippen LogP contribution in [0, 0.1) is 0 Å². The van der Waals surface area contributed by atoms with Crippen LogP contribution in [-0.4, -0.2) is 71.7 Å². The molecule has 0 spiro atoms. The normalized spacial score (nSPS) is 17.3. The van der Waals surface area contributed by atoms with Crippen LogP contribution in [0.25, 0.3) is 0 Å². The number of piperazine rings is 1. The van der Waals surface area contributed by atoms with E-state index in [2.05, 4.69) is 36.7 Å². The van der Waals surface area contributed by atoms with E-state index in [9.17, 15) is 8.42 Å². The molecule has 188 valence electrons. The highest BCUT2D eigenvalue weighted by atomic mass is 35.5. The minimum Gasteiger partial charge on any atom is -0.384 e. The lowest BCUT2D eigenvalue weighted by Crippen LogP contribution is -2.48. The predicted molar refractivity (Wildman–Crippen MR) is 140 cm³/mol. The van der Waals surface area contributed by atoms with E-state index >= 15 is 0 Å². The first-order valence-electron chi connectivity index (χ1n) is 10.9. The third-order valence-electron chi connectivity index (χ3n) is 5.53. The second-order valence-electron chi connectivity index (χ2n) is 8.18. The maximum Gasteiger partial charge on any atom is 0.211 e. The van der Waals surface area contributed by atoms with Crippen molar-refractivity contribution in [3.63, 3.8) is 0 Å². The summed E-state index contributed by atoms with van der Waals surface area (Å²) in [6, 6.07) is 5.32. The SMILES string of the molecule is C=C(N)/N=C(C)\N=C(/N)c1cc([C@@H](C)N2CCN(S(C)(=O)=O)CC2)cnc1Nc1ccc(Cl)nc1. The molecule has 3 rings (SSSR count). The fourth-order valence-corrected chi connectivity index (χ4v) is 4.63. The van der Waals surface area contributed by atoms with Gasteiger partial charge in [0.2, 0.25) is 10.0 Å². The summed E-state index contributed by atoms with van der Waals surface area (Å²) in [5.41, 5.74) is 14.1. The van der Waals surface area contributed by atoms with Gasteiger partial charge >= 0.3 is 0 Å². The van der Waals surface area contributed by atoms with Crippen molar-refractivity contribution in [1.29, 1.82) is 0 Å². The maximum atomic E-state index is 11.8. The summed E-state index contributed by atoms with van der Waals surface area (Å²) < 4.78 is 25.2. The smallest absolute Gasteiger partial charge is 0.211 e. The van der Waals surface area contributed by atoms with E-state index in [0.29, 0.717) is 54.2 Å². The van der Waals surface area contributed by atoms with E-state index in [4.69, 9.17) is 23.1 Å². The summed E-state index contributed by atoms with van der Waals surface area (Å²) in [6.07, 6.45) is 4.58. The van der Waals surface area contributed by atoms with E-state index in [1.807, 2.05) is 13.0 Å². The van der Waals surface area contributed by atoms with Crippen LogP contribution in [0.4, 0.5) is 11.5 Å². The number of amidine groups is 2. The Bertz CT molecular complexity index is 1240. The van der Waals surface area contributed by atoms with Crippen LogP contribution in [0.3, 0.4) is 0 Å². The zero-order chi connectivity index (χ0) is 25.8. The summed E-state index contributed by atoms with van der Waals surface area (Å²) in [5.74, 6) is 1.15. The molecule has 3 heterocycles. The highest BCUT2D eigenvalue weighted by Crippen LogP contribution is 2.26. The van der Waals surface area contributed by atoms with Gasteiger partial charge in [0.1, 0.15) is 28.5 Å². The Morgan fingerprint density at radius 2 is 1.86 bits per heavy atom. The van der Waals surface area contributed by atoms with Crippen molar-refractivity contribution in [2.75, 3.05) is 37.8 Å². The van der Waals surface area contributed by atoms with E-state index in [-0.39, 0.29) is 17.7 Å². The quantitative estimate of drug-likeness (QED) is 0.285. The number of aromatic nitrogens is 2. The lowest BCUT2D eigenvalue weighted by molar-refractivity contribution is 0.146. The Kier molecular flexibility index (Phi) is 8.43. The maximum absolute atomic E-state index is 11.8. The van der Waals surface area contributed by atoms with Gasteiger partial charge in [0, 0.05) is 38.4 Å². The van der Waals surface area contributed by atoms with Crippen molar-refractivity contribution in [2.24, 2.45) is 21.5 Å². The average molecular weight is 520 g/mol. The van der Waals surface area contributed by atoms with Crippen LogP contribution in [0.5, 0.6) is 0 Å². The predicted octanol–water partition coefficient (Wildman–Crippen LogP) is 2.07. The third-order valence-corrected chi connectivity index (χ3v) is 7.06. The Morgan fingerprint density at radius 3 is 2.43 bits per heavy atom. The van der Waals surface area contributed by atoms with Crippen LogP contribution in [0.15, 0.2) is 53.0 Å². The minimum absolute atomic E-state index is 0.0272. The molecule has 1 aliphatic rings. The van der Waals surface area contributed by atoms with Crippen LogP contribution in [0.1, 0.15) is 31.0 Å².